The number of carbonyl (C=O) groups excluding carboxylic acids is 2. The number of rotatable bonds is 85. The third-order valence-corrected chi connectivity index (χ3v) is 21.2. The molecule has 6 nitrogen and oxygen atoms in total. The van der Waals surface area contributed by atoms with Crippen molar-refractivity contribution in [3.8, 4) is 0 Å². The zero-order chi connectivity index (χ0) is 69.8. The number of ether oxygens (including phenoxy) is 1. The summed E-state index contributed by atoms with van der Waals surface area (Å²) in [6, 6.07) is -0.628. The lowest BCUT2D eigenvalue weighted by atomic mass is 10.0. The molecule has 574 valence electrons. The molecule has 0 aromatic heterocycles. The van der Waals surface area contributed by atoms with Gasteiger partial charge in [0.25, 0.3) is 0 Å². The number of hydrogen-bond donors (Lipinski definition) is 3. The van der Waals surface area contributed by atoms with E-state index in [-0.39, 0.29) is 18.5 Å². The van der Waals surface area contributed by atoms with Crippen LogP contribution in [0.1, 0.15) is 508 Å². The van der Waals surface area contributed by atoms with Crippen LogP contribution in [-0.4, -0.2) is 47.4 Å². The molecule has 97 heavy (non-hydrogen) atoms. The van der Waals surface area contributed by atoms with E-state index in [0.29, 0.717) is 19.4 Å². The molecule has 0 aromatic carbocycles. The molecule has 6 heteroatoms. The van der Waals surface area contributed by atoms with E-state index in [1.807, 2.05) is 6.08 Å². The molecule has 0 saturated carbocycles. The molecule has 0 aliphatic heterocycles. The average molecular weight is 1360 g/mol. The largest absolute Gasteiger partial charge is 0.466 e. The monoisotopic (exact) mass is 1360 g/mol. The second kappa shape index (κ2) is 86.5. The molecular formula is C91H175NO5. The fourth-order valence-electron chi connectivity index (χ4n) is 14.4. The molecule has 0 bridgehead atoms. The van der Waals surface area contributed by atoms with Gasteiger partial charge in [-0.1, -0.05) is 468 Å². The maximum Gasteiger partial charge on any atom is 0.305 e. The van der Waals surface area contributed by atoms with Gasteiger partial charge < -0.3 is 20.3 Å². The van der Waals surface area contributed by atoms with Crippen molar-refractivity contribution in [3.05, 3.63) is 36.5 Å². The first kappa shape index (κ1) is 95.1. The lowest BCUT2D eigenvalue weighted by Crippen LogP contribution is -2.45. The standard InChI is InChI=1S/C91H175NO5/c1-3-5-7-9-11-13-15-17-19-21-22-23-24-40-43-46-49-52-55-59-63-67-71-75-79-83-89(94)88(87-93)92-90(95)84-80-76-72-68-64-60-56-53-50-47-44-41-38-36-34-32-30-28-26-25-27-29-31-33-35-37-39-42-45-48-51-54-58-62-66-70-74-78-82-86-97-91(96)85-81-77-73-69-65-61-57-20-18-16-14-12-10-8-6-4-2/h25-26,29,31,79,83,88-89,93-94H,3-24,27-28,30,32-78,80-82,84-87H2,1-2H3,(H,92,95)/b26-25-,31-29-,83-79+. The van der Waals surface area contributed by atoms with Gasteiger partial charge in [0.15, 0.2) is 0 Å². The van der Waals surface area contributed by atoms with E-state index in [1.54, 1.807) is 6.08 Å². The lowest BCUT2D eigenvalue weighted by Gasteiger charge is -2.20. The topological polar surface area (TPSA) is 95.9 Å². The minimum absolute atomic E-state index is 0.0247. The Morgan fingerprint density at radius 3 is 0.784 bits per heavy atom. The van der Waals surface area contributed by atoms with Gasteiger partial charge >= 0.3 is 5.97 Å². The number of nitrogens with one attached hydrogen (secondary N) is 1. The van der Waals surface area contributed by atoms with Gasteiger partial charge in [0.1, 0.15) is 0 Å². The number of amides is 1. The van der Waals surface area contributed by atoms with E-state index in [2.05, 4.69) is 43.5 Å². The van der Waals surface area contributed by atoms with Crippen molar-refractivity contribution in [3.63, 3.8) is 0 Å². The highest BCUT2D eigenvalue weighted by molar-refractivity contribution is 5.76. The first-order chi connectivity index (χ1) is 48.0. The minimum Gasteiger partial charge on any atom is -0.466 e. The summed E-state index contributed by atoms with van der Waals surface area (Å²) in [5.74, 6) is -0.0345. The molecule has 0 rings (SSSR count). The fraction of sp³-hybridized carbons (Fsp3) is 0.912. The molecule has 2 atom stereocenters. The van der Waals surface area contributed by atoms with Gasteiger partial charge in [-0.3, -0.25) is 9.59 Å². The van der Waals surface area contributed by atoms with Gasteiger partial charge in [-0.2, -0.15) is 0 Å². The number of hydrogen-bond acceptors (Lipinski definition) is 5. The van der Waals surface area contributed by atoms with Crippen molar-refractivity contribution in [2.45, 2.75) is 520 Å². The number of allylic oxidation sites excluding steroid dienone is 5. The van der Waals surface area contributed by atoms with Crippen LogP contribution in [0.2, 0.25) is 0 Å². The van der Waals surface area contributed by atoms with E-state index in [0.717, 1.165) is 44.9 Å². The predicted octanol–water partition coefficient (Wildman–Crippen LogP) is 30.1. The number of aliphatic hydroxyl groups is 2. The Bertz CT molecular complexity index is 1570. The van der Waals surface area contributed by atoms with E-state index in [4.69, 9.17) is 4.74 Å². The van der Waals surface area contributed by atoms with Crippen LogP contribution >= 0.6 is 0 Å². The fourth-order valence-corrected chi connectivity index (χ4v) is 14.4. The normalized spacial score (nSPS) is 12.6. The first-order valence-electron chi connectivity index (χ1n) is 44.8. The van der Waals surface area contributed by atoms with Crippen molar-refractivity contribution in [1.82, 2.24) is 5.32 Å². The molecule has 0 spiro atoms. The van der Waals surface area contributed by atoms with Crippen molar-refractivity contribution in [1.29, 1.82) is 0 Å². The molecule has 2 unspecified atom stereocenters. The summed E-state index contributed by atoms with van der Waals surface area (Å²) < 4.78 is 5.51. The van der Waals surface area contributed by atoms with Gasteiger partial charge in [-0.05, 0) is 64.2 Å². The molecule has 3 N–H and O–H groups in total. The van der Waals surface area contributed by atoms with Crippen molar-refractivity contribution in [2.75, 3.05) is 13.2 Å². The van der Waals surface area contributed by atoms with Gasteiger partial charge in [-0.15, -0.1) is 0 Å². The van der Waals surface area contributed by atoms with E-state index >= 15 is 0 Å². The molecule has 0 radical (unpaired) electrons. The average Bonchev–Trinajstić information content (AvgIpc) is 2.69. The van der Waals surface area contributed by atoms with Gasteiger partial charge in [0, 0.05) is 12.8 Å². The SMILES string of the molecule is CCCCCCCCCCCCCCCCCCCCCCCCC/C=C/C(O)C(CO)NC(=O)CCCCCCCCCCCCCCCCCCC/C=C\C/C=C\CCCCCCCCCCCCCCCCCOC(=O)CCCCCCCCCCCCCCCCCC. The van der Waals surface area contributed by atoms with Gasteiger partial charge in [0.2, 0.25) is 5.91 Å². The van der Waals surface area contributed by atoms with Crippen LogP contribution in [0.4, 0.5) is 0 Å². The molecule has 0 aromatic rings. The van der Waals surface area contributed by atoms with Gasteiger partial charge in [0.05, 0.1) is 25.4 Å². The van der Waals surface area contributed by atoms with Crippen LogP contribution in [-0.2, 0) is 14.3 Å². The van der Waals surface area contributed by atoms with Crippen molar-refractivity contribution < 1.29 is 24.5 Å². The zero-order valence-electron chi connectivity index (χ0n) is 66.1. The molecule has 0 heterocycles. The highest BCUT2D eigenvalue weighted by atomic mass is 16.5. The van der Waals surface area contributed by atoms with Crippen LogP contribution in [0.15, 0.2) is 36.5 Å². The van der Waals surface area contributed by atoms with Crippen LogP contribution in [0.3, 0.4) is 0 Å². The molecule has 1 amide bonds. The molecule has 0 aliphatic carbocycles. The maximum atomic E-state index is 12.6. The summed E-state index contributed by atoms with van der Waals surface area (Å²) in [5.41, 5.74) is 0. The zero-order valence-corrected chi connectivity index (χ0v) is 66.1. The summed E-state index contributed by atoms with van der Waals surface area (Å²) >= 11 is 0. The maximum absolute atomic E-state index is 12.6. The van der Waals surface area contributed by atoms with Crippen molar-refractivity contribution >= 4 is 11.9 Å². The van der Waals surface area contributed by atoms with E-state index in [1.165, 1.54) is 437 Å². The smallest absolute Gasteiger partial charge is 0.305 e. The summed E-state index contributed by atoms with van der Waals surface area (Å²) in [5, 5.41) is 23.3. The third kappa shape index (κ3) is 82.9. The van der Waals surface area contributed by atoms with E-state index < -0.39 is 12.1 Å². The number of unbranched alkanes of at least 4 members (excludes halogenated alkanes) is 70. The summed E-state index contributed by atoms with van der Waals surface area (Å²) in [6.45, 7) is 4.97. The van der Waals surface area contributed by atoms with Crippen LogP contribution in [0.5, 0.6) is 0 Å². The number of carbonyl (C=O) groups is 2. The Kier molecular flexibility index (Phi) is 84.8. The van der Waals surface area contributed by atoms with Crippen molar-refractivity contribution in [2.24, 2.45) is 0 Å². The number of aliphatic hydroxyl groups excluding tert-OH is 2. The first-order valence-corrected chi connectivity index (χ1v) is 44.8. The minimum atomic E-state index is -0.844. The number of esters is 1. The van der Waals surface area contributed by atoms with Crippen LogP contribution in [0.25, 0.3) is 0 Å². The Hall–Kier alpha value is -1.92. The molecule has 0 fully saturated rings. The molecule has 0 aliphatic rings. The van der Waals surface area contributed by atoms with Gasteiger partial charge in [-0.25, -0.2) is 0 Å². The second-order valence-corrected chi connectivity index (χ2v) is 30.9. The third-order valence-electron chi connectivity index (χ3n) is 21.2. The predicted molar refractivity (Wildman–Crippen MR) is 430 cm³/mol. The quantitative estimate of drug-likeness (QED) is 0.0320. The highest BCUT2D eigenvalue weighted by Gasteiger charge is 2.18. The Morgan fingerprint density at radius 1 is 0.289 bits per heavy atom. The lowest BCUT2D eigenvalue weighted by molar-refractivity contribution is -0.143. The molecule has 0 saturated heterocycles. The Morgan fingerprint density at radius 2 is 0.515 bits per heavy atom. The molecular weight excluding hydrogens is 1190 g/mol. The Balaban J connectivity index is 3.37. The summed E-state index contributed by atoms with van der Waals surface area (Å²) in [6.07, 6.45) is 115. The second-order valence-electron chi connectivity index (χ2n) is 30.9. The highest BCUT2D eigenvalue weighted by Crippen LogP contribution is 2.21. The summed E-state index contributed by atoms with van der Waals surface area (Å²) in [4.78, 5) is 24.7. The summed E-state index contributed by atoms with van der Waals surface area (Å²) in [7, 11) is 0. The Labute approximate surface area is 608 Å². The van der Waals surface area contributed by atoms with E-state index in [9.17, 15) is 19.8 Å². The van der Waals surface area contributed by atoms with Crippen LogP contribution < -0.4 is 5.32 Å². The van der Waals surface area contributed by atoms with Crippen LogP contribution in [0, 0.1) is 0 Å².